The Labute approximate surface area is 153 Å². The Kier molecular flexibility index (Phi) is 6.56. The molecule has 1 aromatic rings. The Balaban J connectivity index is 2.25. The molecule has 2 rings (SSSR count). The molecule has 0 aliphatic carbocycles. The van der Waals surface area contributed by atoms with Gasteiger partial charge in [-0.3, -0.25) is 9.59 Å². The van der Waals surface area contributed by atoms with Gasteiger partial charge in [0.2, 0.25) is 0 Å². The average Bonchev–Trinajstić information content (AvgIpc) is 2.61. The first-order valence-electron chi connectivity index (χ1n) is 8.79. The topological polar surface area (TPSA) is 104 Å². The number of carbonyl (C=O) groups excluding carboxylic acids is 2. The molecule has 0 radical (unpaired) electrons. The number of allylic oxidation sites excluding steroid dienone is 2. The van der Waals surface area contributed by atoms with E-state index in [-0.39, 0.29) is 35.7 Å². The lowest BCUT2D eigenvalue weighted by Gasteiger charge is -2.40. The Morgan fingerprint density at radius 2 is 2.12 bits per heavy atom. The van der Waals surface area contributed by atoms with Crippen molar-refractivity contribution in [2.45, 2.75) is 57.7 Å². The van der Waals surface area contributed by atoms with Crippen molar-refractivity contribution in [3.8, 4) is 11.5 Å². The van der Waals surface area contributed by atoms with Crippen molar-refractivity contribution < 1.29 is 29.6 Å². The Morgan fingerprint density at radius 1 is 1.38 bits per heavy atom. The molecule has 6 heteroatoms. The van der Waals surface area contributed by atoms with Gasteiger partial charge in [-0.2, -0.15) is 0 Å². The van der Waals surface area contributed by atoms with Gasteiger partial charge in [0, 0.05) is 24.2 Å². The normalized spacial score (nSPS) is 22.5. The number of hydrogen-bond acceptors (Lipinski definition) is 6. The summed E-state index contributed by atoms with van der Waals surface area (Å²) in [6.45, 7) is 3.90. The van der Waals surface area contributed by atoms with E-state index in [4.69, 9.17) is 9.84 Å². The fourth-order valence-corrected chi connectivity index (χ4v) is 3.25. The fraction of sp³-hybridized carbons (Fsp3) is 0.500. The SMILES string of the molecule is CC(=CCCC1(C)Oc2c(C=O)c(C=O)cc(O)c2CC1O)CCCO. The number of aromatic hydroxyl groups is 1. The molecule has 0 amide bonds. The Morgan fingerprint density at radius 3 is 2.73 bits per heavy atom. The van der Waals surface area contributed by atoms with Crippen LogP contribution in [0.5, 0.6) is 11.5 Å². The lowest BCUT2D eigenvalue weighted by atomic mass is 9.84. The summed E-state index contributed by atoms with van der Waals surface area (Å²) in [5.74, 6) is 0.0180. The maximum absolute atomic E-state index is 11.5. The quantitative estimate of drug-likeness (QED) is 0.485. The number of hydrogen-bond donors (Lipinski definition) is 3. The largest absolute Gasteiger partial charge is 0.508 e. The number of phenolic OH excluding ortho intramolecular Hbond substituents is 1. The molecule has 2 unspecified atom stereocenters. The average molecular weight is 362 g/mol. The Hall–Kier alpha value is -2.18. The van der Waals surface area contributed by atoms with Crippen LogP contribution in [-0.2, 0) is 6.42 Å². The molecule has 1 aliphatic heterocycles. The van der Waals surface area contributed by atoms with Gasteiger partial charge in [0.1, 0.15) is 17.1 Å². The minimum Gasteiger partial charge on any atom is -0.508 e. The van der Waals surface area contributed by atoms with Crippen LogP contribution in [0.1, 0.15) is 65.8 Å². The number of benzene rings is 1. The molecule has 2 atom stereocenters. The summed E-state index contributed by atoms with van der Waals surface area (Å²) in [6.07, 6.45) is 5.07. The van der Waals surface area contributed by atoms with Gasteiger partial charge in [-0.25, -0.2) is 0 Å². The monoisotopic (exact) mass is 362 g/mol. The van der Waals surface area contributed by atoms with Crippen molar-refractivity contribution in [3.05, 3.63) is 34.4 Å². The van der Waals surface area contributed by atoms with Gasteiger partial charge < -0.3 is 20.1 Å². The van der Waals surface area contributed by atoms with E-state index >= 15 is 0 Å². The van der Waals surface area contributed by atoms with E-state index in [1.807, 2.05) is 13.0 Å². The van der Waals surface area contributed by atoms with Crippen molar-refractivity contribution in [2.75, 3.05) is 6.61 Å². The molecule has 0 bridgehead atoms. The van der Waals surface area contributed by atoms with Gasteiger partial charge in [-0.05, 0) is 45.6 Å². The van der Waals surface area contributed by atoms with Gasteiger partial charge in [-0.15, -0.1) is 0 Å². The summed E-state index contributed by atoms with van der Waals surface area (Å²) in [5.41, 5.74) is 0.724. The molecule has 6 nitrogen and oxygen atoms in total. The number of fused-ring (bicyclic) bond motifs is 1. The lowest BCUT2D eigenvalue weighted by Crippen LogP contribution is -2.49. The van der Waals surface area contributed by atoms with Crippen molar-refractivity contribution in [2.24, 2.45) is 0 Å². The van der Waals surface area contributed by atoms with Gasteiger partial charge in [0.15, 0.2) is 12.6 Å². The van der Waals surface area contributed by atoms with E-state index in [1.165, 1.54) is 6.07 Å². The number of aliphatic hydroxyl groups excluding tert-OH is 2. The number of aliphatic hydroxyl groups is 2. The third kappa shape index (κ3) is 4.14. The van der Waals surface area contributed by atoms with Gasteiger partial charge in [-0.1, -0.05) is 11.6 Å². The van der Waals surface area contributed by atoms with Gasteiger partial charge in [0.25, 0.3) is 0 Å². The number of rotatable bonds is 8. The van der Waals surface area contributed by atoms with Crippen molar-refractivity contribution in [1.29, 1.82) is 0 Å². The van der Waals surface area contributed by atoms with Crippen LogP contribution in [0, 0.1) is 0 Å². The highest BCUT2D eigenvalue weighted by atomic mass is 16.5. The van der Waals surface area contributed by atoms with Crippen LogP contribution in [0.2, 0.25) is 0 Å². The molecule has 1 aromatic carbocycles. The zero-order chi connectivity index (χ0) is 19.3. The van der Waals surface area contributed by atoms with Crippen molar-refractivity contribution in [1.82, 2.24) is 0 Å². The molecule has 0 aromatic heterocycles. The maximum Gasteiger partial charge on any atom is 0.154 e. The molecule has 3 N–H and O–H groups in total. The molecule has 0 saturated heterocycles. The Bertz CT molecular complexity index is 709. The maximum atomic E-state index is 11.5. The summed E-state index contributed by atoms with van der Waals surface area (Å²) in [6, 6.07) is 1.22. The van der Waals surface area contributed by atoms with E-state index in [0.29, 0.717) is 37.4 Å². The molecule has 0 saturated carbocycles. The number of phenols is 1. The van der Waals surface area contributed by atoms with Crippen LogP contribution >= 0.6 is 0 Å². The van der Waals surface area contributed by atoms with E-state index in [2.05, 4.69) is 0 Å². The summed E-state index contributed by atoms with van der Waals surface area (Å²) in [5, 5.41) is 29.5. The summed E-state index contributed by atoms with van der Waals surface area (Å²) >= 11 is 0. The summed E-state index contributed by atoms with van der Waals surface area (Å²) < 4.78 is 5.97. The van der Waals surface area contributed by atoms with Crippen LogP contribution in [0.3, 0.4) is 0 Å². The zero-order valence-corrected chi connectivity index (χ0v) is 15.2. The molecule has 0 fully saturated rings. The van der Waals surface area contributed by atoms with Crippen molar-refractivity contribution in [3.63, 3.8) is 0 Å². The standard InChI is InChI=1S/C20H26O6/c1-13(6-4-8-21)5-3-7-20(2)18(25)10-15-17(24)9-14(11-22)16(12-23)19(15)26-20/h5,9,11-12,18,21,24-25H,3-4,6-8,10H2,1-2H3. The number of ether oxygens (including phenoxy) is 1. The number of aldehydes is 2. The van der Waals surface area contributed by atoms with Gasteiger partial charge >= 0.3 is 0 Å². The molecular weight excluding hydrogens is 336 g/mol. The molecular formula is C20H26O6. The van der Waals surface area contributed by atoms with E-state index in [9.17, 15) is 19.8 Å². The highest BCUT2D eigenvalue weighted by Crippen LogP contribution is 2.43. The van der Waals surface area contributed by atoms with Gasteiger partial charge in [0.05, 0.1) is 11.7 Å². The predicted octanol–water partition coefficient (Wildman–Crippen LogP) is 2.57. The first-order valence-corrected chi connectivity index (χ1v) is 8.79. The van der Waals surface area contributed by atoms with Crippen LogP contribution in [-0.4, -0.2) is 46.2 Å². The first kappa shape index (κ1) is 20.1. The third-order valence-electron chi connectivity index (χ3n) is 4.98. The minimum absolute atomic E-state index is 0.0646. The molecule has 0 spiro atoms. The highest BCUT2D eigenvalue weighted by Gasteiger charge is 2.41. The molecule has 1 heterocycles. The smallest absolute Gasteiger partial charge is 0.154 e. The van der Waals surface area contributed by atoms with E-state index < -0.39 is 11.7 Å². The van der Waals surface area contributed by atoms with Crippen LogP contribution < -0.4 is 4.74 Å². The highest BCUT2D eigenvalue weighted by molar-refractivity contribution is 5.94. The third-order valence-corrected chi connectivity index (χ3v) is 4.98. The zero-order valence-electron chi connectivity index (χ0n) is 15.2. The fourth-order valence-electron chi connectivity index (χ4n) is 3.25. The summed E-state index contributed by atoms with van der Waals surface area (Å²) in [4.78, 5) is 22.6. The molecule has 142 valence electrons. The molecule has 26 heavy (non-hydrogen) atoms. The number of carbonyl (C=O) groups is 2. The first-order chi connectivity index (χ1) is 12.4. The van der Waals surface area contributed by atoms with Crippen LogP contribution in [0.15, 0.2) is 17.7 Å². The summed E-state index contributed by atoms with van der Waals surface area (Å²) in [7, 11) is 0. The minimum atomic E-state index is -0.938. The lowest BCUT2D eigenvalue weighted by molar-refractivity contribution is -0.0595. The van der Waals surface area contributed by atoms with Crippen molar-refractivity contribution >= 4 is 12.6 Å². The van der Waals surface area contributed by atoms with E-state index in [0.717, 1.165) is 12.0 Å². The van der Waals surface area contributed by atoms with Crippen LogP contribution in [0.4, 0.5) is 0 Å². The van der Waals surface area contributed by atoms with E-state index in [1.54, 1.807) is 6.92 Å². The second kappa shape index (κ2) is 8.47. The molecule has 1 aliphatic rings. The second-order valence-electron chi connectivity index (χ2n) is 6.99. The van der Waals surface area contributed by atoms with Crippen LogP contribution in [0.25, 0.3) is 0 Å². The second-order valence-corrected chi connectivity index (χ2v) is 6.99. The predicted molar refractivity (Wildman–Crippen MR) is 96.9 cm³/mol.